The zero-order chi connectivity index (χ0) is 14.8. The fourth-order valence-corrected chi connectivity index (χ4v) is 2.58. The Morgan fingerprint density at radius 3 is 2.45 bits per heavy atom. The van der Waals surface area contributed by atoms with E-state index in [1.165, 1.54) is 0 Å². The molecule has 0 bridgehead atoms. The number of nitrogens with zero attached hydrogens (tertiary/aromatic N) is 1. The quantitative estimate of drug-likeness (QED) is 0.502. The van der Waals surface area contributed by atoms with E-state index >= 15 is 0 Å². The molecule has 2 N–H and O–H groups in total. The van der Waals surface area contributed by atoms with E-state index in [2.05, 4.69) is 11.1 Å². The summed E-state index contributed by atoms with van der Waals surface area (Å²) in [5.41, 5.74) is 1.99. The first-order valence-electron chi connectivity index (χ1n) is 5.30. The fourth-order valence-electron chi connectivity index (χ4n) is 1.57. The second-order valence-corrected chi connectivity index (χ2v) is 5.64. The Kier molecular flexibility index (Phi) is 4.29. The van der Waals surface area contributed by atoms with Crippen molar-refractivity contribution in [3.63, 3.8) is 0 Å². The van der Waals surface area contributed by atoms with E-state index in [0.29, 0.717) is 5.36 Å². The number of fused-ring (bicyclic) bond motifs is 2. The Labute approximate surface area is 119 Å². The van der Waals surface area contributed by atoms with Crippen LogP contribution in [0, 0.1) is 15.7 Å². The van der Waals surface area contributed by atoms with Gasteiger partial charge in [0.25, 0.3) is 0 Å². The van der Waals surface area contributed by atoms with Crippen LogP contribution in [0.3, 0.4) is 0 Å². The van der Waals surface area contributed by atoms with Crippen LogP contribution in [0.1, 0.15) is 0 Å². The van der Waals surface area contributed by atoms with Crippen molar-refractivity contribution in [3.05, 3.63) is 47.8 Å². The molecule has 0 spiro atoms. The molecule has 6 nitrogen and oxygen atoms in total. The summed E-state index contributed by atoms with van der Waals surface area (Å²) in [5.74, 6) is 0. The molecular weight excluding hydrogens is 304 g/mol. The normalized spacial score (nSPS) is 11.2. The Balaban J connectivity index is 0.000000257. The SMILES string of the molecule is N=c1ccc2nc3ccccc3sc-2c1.[O-][Cl+3]([O-])([O-])O. The lowest BCUT2D eigenvalue weighted by atomic mass is 10.2. The molecule has 0 saturated heterocycles. The first-order valence-corrected chi connectivity index (χ1v) is 7.38. The second kappa shape index (κ2) is 5.80. The number of rotatable bonds is 0. The summed E-state index contributed by atoms with van der Waals surface area (Å²) >= 11 is 1.68. The molecule has 1 aliphatic heterocycles. The van der Waals surface area contributed by atoms with Gasteiger partial charge in [-0.25, -0.2) is 4.98 Å². The third kappa shape index (κ3) is 4.20. The van der Waals surface area contributed by atoms with Crippen molar-refractivity contribution in [1.82, 2.24) is 4.98 Å². The van der Waals surface area contributed by atoms with E-state index in [-0.39, 0.29) is 0 Å². The van der Waals surface area contributed by atoms with Gasteiger partial charge in [-0.2, -0.15) is 14.0 Å². The third-order valence-corrected chi connectivity index (χ3v) is 3.40. The van der Waals surface area contributed by atoms with E-state index in [4.69, 9.17) is 24.0 Å². The average molecular weight is 313 g/mol. The molecule has 0 fully saturated rings. The van der Waals surface area contributed by atoms with Gasteiger partial charge in [0.05, 0.1) is 41.0 Å². The average Bonchev–Trinajstić information content (AvgIpc) is 2.34. The van der Waals surface area contributed by atoms with Crippen molar-refractivity contribution in [2.24, 2.45) is 0 Å². The minimum atomic E-state index is -4.69. The summed E-state index contributed by atoms with van der Waals surface area (Å²) in [6.07, 6.45) is 0. The summed E-state index contributed by atoms with van der Waals surface area (Å²) in [6, 6.07) is 13.6. The molecule has 20 heavy (non-hydrogen) atoms. The highest BCUT2D eigenvalue weighted by atomic mass is 35.7. The molecule has 2 aliphatic rings. The van der Waals surface area contributed by atoms with Gasteiger partial charge in [-0.05, 0) is 30.3 Å². The van der Waals surface area contributed by atoms with Crippen molar-refractivity contribution in [3.8, 4) is 10.6 Å². The fraction of sp³-hybridized carbons (Fsp3) is 0. The number of aromatic nitrogens is 1. The highest BCUT2D eigenvalue weighted by molar-refractivity contribution is 7.21. The van der Waals surface area contributed by atoms with Gasteiger partial charge in [0.15, 0.2) is 0 Å². The van der Waals surface area contributed by atoms with E-state index < -0.39 is 10.2 Å². The van der Waals surface area contributed by atoms with Crippen molar-refractivity contribution in [2.45, 2.75) is 0 Å². The largest absolute Gasteiger partial charge is 0.301 e. The topological polar surface area (TPSA) is 126 Å². The maximum atomic E-state index is 8.60. The predicted octanol–water partition coefficient (Wildman–Crippen LogP) is -1.24. The number of halogens is 1. The Morgan fingerprint density at radius 1 is 1.10 bits per heavy atom. The molecule has 0 radical (unpaired) electrons. The first kappa shape index (κ1) is 14.8. The molecule has 1 heterocycles. The smallest absolute Gasteiger partial charge is 0.0811 e. The minimum Gasteiger partial charge on any atom is -0.301 e. The summed E-state index contributed by atoms with van der Waals surface area (Å²) in [4.78, 5) is 5.62. The number of hydrogen-bond donors (Lipinski definition) is 2. The maximum absolute atomic E-state index is 8.60. The standard InChI is InChI=1S/C12H8N2S.ClHO4/c13-8-5-6-10-12(7-8)15-11-4-2-1-3-9(11)14-10;2-1(3,4)5/h1-7,13H;(H,2,3,4,5). The van der Waals surface area contributed by atoms with E-state index in [1.807, 2.05) is 30.3 Å². The van der Waals surface area contributed by atoms with Gasteiger partial charge in [-0.15, -0.1) is 11.3 Å². The van der Waals surface area contributed by atoms with Crippen LogP contribution in [0.15, 0.2) is 42.5 Å². The van der Waals surface area contributed by atoms with Crippen LogP contribution >= 0.6 is 11.3 Å². The molecule has 1 aromatic carbocycles. The van der Waals surface area contributed by atoms with Crippen LogP contribution in [0.5, 0.6) is 0 Å². The van der Waals surface area contributed by atoms with E-state index in [9.17, 15) is 0 Å². The maximum Gasteiger partial charge on any atom is 0.0811 e. The van der Waals surface area contributed by atoms with Gasteiger partial charge in [-0.3, -0.25) is 0 Å². The van der Waals surface area contributed by atoms with Gasteiger partial charge in [0, 0.05) is 0 Å². The summed E-state index contributed by atoms with van der Waals surface area (Å²) in [7, 11) is -4.69. The number of nitrogens with one attached hydrogen (secondary N) is 1. The molecule has 8 heteroatoms. The third-order valence-electron chi connectivity index (χ3n) is 2.29. The summed E-state index contributed by atoms with van der Waals surface area (Å²) in [5, 5.41) is 8.10. The van der Waals surface area contributed by atoms with Crippen molar-refractivity contribution < 1.29 is 28.9 Å². The lowest BCUT2D eigenvalue weighted by Crippen LogP contribution is -2.58. The van der Waals surface area contributed by atoms with Crippen LogP contribution < -0.4 is 19.3 Å². The van der Waals surface area contributed by atoms with Crippen LogP contribution in [0.2, 0.25) is 0 Å². The lowest BCUT2D eigenvalue weighted by Gasteiger charge is -2.04. The van der Waals surface area contributed by atoms with Crippen molar-refractivity contribution in [1.29, 1.82) is 5.41 Å². The van der Waals surface area contributed by atoms with E-state index in [0.717, 1.165) is 20.8 Å². The predicted molar refractivity (Wildman–Crippen MR) is 64.3 cm³/mol. The molecule has 0 unspecified atom stereocenters. The Bertz CT molecular complexity index is 750. The molecule has 0 saturated carbocycles. The number of para-hydroxylation sites is 1. The van der Waals surface area contributed by atoms with Gasteiger partial charge in [0.2, 0.25) is 0 Å². The highest BCUT2D eigenvalue weighted by Crippen LogP contribution is 2.28. The molecule has 104 valence electrons. The second-order valence-electron chi connectivity index (χ2n) is 3.76. The molecule has 0 aromatic heterocycles. The van der Waals surface area contributed by atoms with Crippen molar-refractivity contribution >= 4 is 21.6 Å². The molecule has 0 atom stereocenters. The van der Waals surface area contributed by atoms with Crippen LogP contribution in [-0.4, -0.2) is 9.64 Å². The Morgan fingerprint density at radius 2 is 1.75 bits per heavy atom. The molecule has 0 amide bonds. The zero-order valence-electron chi connectivity index (χ0n) is 9.95. The minimum absolute atomic E-state index is 0.538. The van der Waals surface area contributed by atoms with Gasteiger partial charge in [0.1, 0.15) is 0 Å². The van der Waals surface area contributed by atoms with Gasteiger partial charge >= 0.3 is 0 Å². The monoisotopic (exact) mass is 312 g/mol. The highest BCUT2D eigenvalue weighted by Gasteiger charge is 2.05. The summed E-state index contributed by atoms with van der Waals surface area (Å²) < 4.78 is 33.9. The molecule has 1 aromatic rings. The molecule has 3 rings (SSSR count). The van der Waals surface area contributed by atoms with E-state index in [1.54, 1.807) is 17.4 Å². The summed E-state index contributed by atoms with van der Waals surface area (Å²) in [6.45, 7) is 0. The van der Waals surface area contributed by atoms with Crippen LogP contribution in [-0.2, 0) is 0 Å². The molecule has 1 aliphatic carbocycles. The van der Waals surface area contributed by atoms with Crippen LogP contribution in [0.25, 0.3) is 20.8 Å². The lowest BCUT2D eigenvalue weighted by molar-refractivity contribution is -1.92. The van der Waals surface area contributed by atoms with Gasteiger partial charge in [-0.1, -0.05) is 12.1 Å². The number of hydrogen-bond acceptors (Lipinski definition) is 7. The molecular formula is C12H9ClN2O4S. The van der Waals surface area contributed by atoms with Gasteiger partial charge < -0.3 is 5.41 Å². The number of benzene rings is 2. The Hall–Kier alpha value is -1.61. The van der Waals surface area contributed by atoms with Crippen LogP contribution in [0.4, 0.5) is 0 Å². The van der Waals surface area contributed by atoms with Crippen molar-refractivity contribution in [2.75, 3.05) is 0 Å². The first-order chi connectivity index (χ1) is 9.33. The zero-order valence-corrected chi connectivity index (χ0v) is 11.5.